The first-order valence-electron chi connectivity index (χ1n) is 11.0. The average molecular weight is 529 g/mol. The van der Waals surface area contributed by atoms with Crippen LogP contribution in [0, 0.1) is 5.92 Å². The quantitative estimate of drug-likeness (QED) is 0.486. The Morgan fingerprint density at radius 1 is 1.12 bits per heavy atom. The van der Waals surface area contributed by atoms with E-state index in [-0.39, 0.29) is 17.9 Å². The molecule has 1 amide bonds. The largest absolute Gasteiger partial charge is 0.486 e. The number of aromatic nitrogens is 2. The molecular weight excluding hydrogens is 504 g/mol. The van der Waals surface area contributed by atoms with Gasteiger partial charge in [-0.15, -0.1) is 21.5 Å². The number of benzene rings is 1. The van der Waals surface area contributed by atoms with Crippen LogP contribution in [0.2, 0.25) is 0 Å². The van der Waals surface area contributed by atoms with Crippen LogP contribution in [0.4, 0.5) is 5.82 Å². The number of ether oxygens (including phenoxy) is 2. The van der Waals surface area contributed by atoms with Gasteiger partial charge in [0, 0.05) is 26.1 Å². The summed E-state index contributed by atoms with van der Waals surface area (Å²) >= 11 is 5.13. The molecule has 0 saturated carbocycles. The lowest BCUT2D eigenvalue weighted by atomic mass is 9.95. The number of fused-ring (bicyclic) bond motifs is 1. The Morgan fingerprint density at radius 2 is 1.91 bits per heavy atom. The van der Waals surface area contributed by atoms with Crippen molar-refractivity contribution in [2.45, 2.75) is 18.9 Å². The second kappa shape index (κ2) is 9.69. The monoisotopic (exact) mass is 528 g/mol. The fourth-order valence-corrected chi connectivity index (χ4v) is 5.64. The smallest absolute Gasteiger partial charge is 0.225 e. The normalized spacial score (nSPS) is 18.2. The molecule has 1 atom stereocenters. The molecule has 33 heavy (non-hydrogen) atoms. The molecule has 2 aliphatic rings. The first kappa shape index (κ1) is 22.2. The molecule has 0 spiro atoms. The van der Waals surface area contributed by atoms with Crippen LogP contribution in [0.15, 0.2) is 52.3 Å². The zero-order valence-corrected chi connectivity index (χ0v) is 20.7. The minimum Gasteiger partial charge on any atom is -0.486 e. The van der Waals surface area contributed by atoms with Crippen LogP contribution < -0.4 is 14.4 Å². The molecule has 0 bridgehead atoms. The minimum atomic E-state index is -0.160. The van der Waals surface area contributed by atoms with Crippen molar-refractivity contribution in [2.24, 2.45) is 5.92 Å². The lowest BCUT2D eigenvalue weighted by Gasteiger charge is -2.35. The molecule has 1 fully saturated rings. The summed E-state index contributed by atoms with van der Waals surface area (Å²) in [7, 11) is 1.85. The maximum atomic E-state index is 13.0. The van der Waals surface area contributed by atoms with Gasteiger partial charge < -0.3 is 19.3 Å². The number of anilines is 1. The van der Waals surface area contributed by atoms with Gasteiger partial charge in [0.25, 0.3) is 0 Å². The number of hydrogen-bond donors (Lipinski definition) is 0. The van der Waals surface area contributed by atoms with Crippen molar-refractivity contribution in [1.29, 1.82) is 0 Å². The number of hydrogen-bond acceptors (Lipinski definition) is 7. The first-order chi connectivity index (χ1) is 16.1. The Bertz CT molecular complexity index is 1110. The van der Waals surface area contributed by atoms with E-state index in [1.807, 2.05) is 55.6 Å². The lowest BCUT2D eigenvalue weighted by molar-refractivity contribution is -0.136. The summed E-state index contributed by atoms with van der Waals surface area (Å²) in [4.78, 5) is 18.1. The third-order valence-electron chi connectivity index (χ3n) is 6.07. The number of amides is 1. The minimum absolute atomic E-state index is 0.0127. The maximum absolute atomic E-state index is 13.0. The van der Waals surface area contributed by atoms with Gasteiger partial charge in [-0.25, -0.2) is 0 Å². The summed E-state index contributed by atoms with van der Waals surface area (Å²) in [5.41, 5.74) is 0.873. The van der Waals surface area contributed by atoms with Crippen molar-refractivity contribution >= 4 is 39.0 Å². The van der Waals surface area contributed by atoms with Gasteiger partial charge in [0.15, 0.2) is 23.4 Å². The molecule has 2 aliphatic heterocycles. The van der Waals surface area contributed by atoms with E-state index in [1.54, 1.807) is 16.2 Å². The second-order valence-electron chi connectivity index (χ2n) is 8.36. The number of thiophene rings is 1. The highest BCUT2D eigenvalue weighted by Crippen LogP contribution is 2.32. The fourth-order valence-electron chi connectivity index (χ4n) is 4.29. The Balaban J connectivity index is 1.13. The molecular formula is C24H25BrN4O3S. The molecule has 1 unspecified atom stereocenters. The van der Waals surface area contributed by atoms with Crippen LogP contribution in [0.25, 0.3) is 10.6 Å². The topological polar surface area (TPSA) is 67.8 Å². The fraction of sp³-hybridized carbons (Fsp3) is 0.375. The number of carbonyl (C=O) groups excluding carboxylic acids is 1. The molecule has 2 aromatic heterocycles. The van der Waals surface area contributed by atoms with Crippen LogP contribution in [0.1, 0.15) is 12.8 Å². The zero-order valence-electron chi connectivity index (χ0n) is 18.3. The number of likely N-dealkylation sites (N-methyl/N-ethyl adjacent to an activating group) is 1. The molecule has 1 saturated heterocycles. The SMILES string of the molecule is CN(CC1COc2ccccc2O1)C(=O)C1CCN(c2ccc(-c3ccc(Br)s3)nn2)CC1. The summed E-state index contributed by atoms with van der Waals surface area (Å²) in [6.45, 7) is 2.54. The van der Waals surface area contributed by atoms with Gasteiger partial charge in [0.05, 0.1) is 15.2 Å². The number of carbonyl (C=O) groups is 1. The summed E-state index contributed by atoms with van der Waals surface area (Å²) in [5.74, 6) is 2.54. The molecule has 0 N–H and O–H groups in total. The molecule has 7 nitrogen and oxygen atoms in total. The van der Waals surface area contributed by atoms with Gasteiger partial charge in [-0.3, -0.25) is 4.79 Å². The van der Waals surface area contributed by atoms with Crippen molar-refractivity contribution in [2.75, 3.05) is 38.2 Å². The van der Waals surface area contributed by atoms with E-state index in [9.17, 15) is 4.79 Å². The van der Waals surface area contributed by atoms with Crippen LogP contribution >= 0.6 is 27.3 Å². The zero-order chi connectivity index (χ0) is 22.8. The third kappa shape index (κ3) is 4.99. The summed E-state index contributed by atoms with van der Waals surface area (Å²) in [5, 5.41) is 8.83. The predicted molar refractivity (Wildman–Crippen MR) is 132 cm³/mol. The van der Waals surface area contributed by atoms with Crippen LogP contribution in [0.5, 0.6) is 11.5 Å². The highest BCUT2D eigenvalue weighted by molar-refractivity contribution is 9.11. The van der Waals surface area contributed by atoms with Crippen molar-refractivity contribution in [1.82, 2.24) is 15.1 Å². The van der Waals surface area contributed by atoms with Crippen molar-refractivity contribution < 1.29 is 14.3 Å². The van der Waals surface area contributed by atoms with Gasteiger partial charge in [0.2, 0.25) is 5.91 Å². The molecule has 1 aromatic carbocycles. The van der Waals surface area contributed by atoms with E-state index in [0.717, 1.165) is 57.6 Å². The predicted octanol–water partition coefficient (Wildman–Crippen LogP) is 4.48. The molecule has 3 aromatic rings. The van der Waals surface area contributed by atoms with E-state index < -0.39 is 0 Å². The maximum Gasteiger partial charge on any atom is 0.225 e. The Morgan fingerprint density at radius 3 is 2.61 bits per heavy atom. The Labute approximate surface area is 205 Å². The summed E-state index contributed by atoms with van der Waals surface area (Å²) in [6.07, 6.45) is 1.44. The van der Waals surface area contributed by atoms with Crippen molar-refractivity contribution in [3.8, 4) is 22.1 Å². The lowest BCUT2D eigenvalue weighted by Crippen LogP contribution is -2.46. The number of halogens is 1. The van der Waals surface area contributed by atoms with E-state index in [2.05, 4.69) is 31.0 Å². The van der Waals surface area contributed by atoms with E-state index in [1.165, 1.54) is 0 Å². The summed E-state index contributed by atoms with van der Waals surface area (Å²) < 4.78 is 12.9. The van der Waals surface area contributed by atoms with Gasteiger partial charge in [-0.2, -0.15) is 0 Å². The standard InChI is InChI=1S/C24H25BrN4O3S/c1-28(14-17-15-31-19-4-2-3-5-20(19)32-17)24(30)16-10-12-29(13-11-16)23-9-6-18(26-27-23)21-7-8-22(25)33-21/h2-9,16-17H,10-15H2,1H3. The van der Waals surface area contributed by atoms with Crippen molar-refractivity contribution in [3.05, 3.63) is 52.3 Å². The highest BCUT2D eigenvalue weighted by Gasteiger charge is 2.30. The molecule has 5 rings (SSSR count). The average Bonchev–Trinajstić information content (AvgIpc) is 3.30. The second-order valence-corrected chi connectivity index (χ2v) is 10.8. The van der Waals surface area contributed by atoms with Crippen LogP contribution in [0.3, 0.4) is 0 Å². The third-order valence-corrected chi connectivity index (χ3v) is 7.71. The first-order valence-corrected chi connectivity index (χ1v) is 12.7. The number of rotatable bonds is 5. The van der Waals surface area contributed by atoms with Gasteiger partial charge in [0.1, 0.15) is 12.3 Å². The van der Waals surface area contributed by atoms with E-state index >= 15 is 0 Å². The van der Waals surface area contributed by atoms with Gasteiger partial charge >= 0.3 is 0 Å². The summed E-state index contributed by atoms with van der Waals surface area (Å²) in [6, 6.07) is 15.7. The van der Waals surface area contributed by atoms with E-state index in [4.69, 9.17) is 9.47 Å². The van der Waals surface area contributed by atoms with Crippen molar-refractivity contribution in [3.63, 3.8) is 0 Å². The molecule has 172 valence electrons. The van der Waals surface area contributed by atoms with Gasteiger partial charge in [-0.1, -0.05) is 12.1 Å². The van der Waals surface area contributed by atoms with E-state index in [0.29, 0.717) is 13.2 Å². The Kier molecular flexibility index (Phi) is 6.50. The van der Waals surface area contributed by atoms with Crippen LogP contribution in [-0.2, 0) is 4.79 Å². The number of nitrogens with zero attached hydrogens (tertiary/aromatic N) is 4. The molecule has 0 aliphatic carbocycles. The van der Waals surface area contributed by atoms with Crippen LogP contribution in [-0.4, -0.2) is 60.4 Å². The molecule has 0 radical (unpaired) electrons. The highest BCUT2D eigenvalue weighted by atomic mass is 79.9. The number of para-hydroxylation sites is 2. The van der Waals surface area contributed by atoms with Gasteiger partial charge in [-0.05, 0) is 65.2 Å². The molecule has 4 heterocycles. The number of piperidine rings is 1. The Hall–Kier alpha value is -2.65. The molecule has 9 heteroatoms.